The van der Waals surface area contributed by atoms with Crippen LogP contribution >= 0.6 is 0 Å². The maximum Gasteiger partial charge on any atom is 0.325 e. The highest BCUT2D eigenvalue weighted by Gasteiger charge is 2.40. The Balaban J connectivity index is 1.58. The summed E-state index contributed by atoms with van der Waals surface area (Å²) in [6.45, 7) is 1.03. The molecule has 2 saturated heterocycles. The number of hydrogen-bond acceptors (Lipinski definition) is 6. The molecule has 146 valence electrons. The summed E-state index contributed by atoms with van der Waals surface area (Å²) in [5.74, 6) is 0.566. The third kappa shape index (κ3) is 3.15. The van der Waals surface area contributed by atoms with Gasteiger partial charge in [-0.2, -0.15) is 0 Å². The maximum absolute atomic E-state index is 12.9. The van der Waals surface area contributed by atoms with E-state index in [1.807, 2.05) is 9.80 Å². The van der Waals surface area contributed by atoms with Gasteiger partial charge < -0.3 is 9.80 Å². The maximum atomic E-state index is 12.9. The summed E-state index contributed by atoms with van der Waals surface area (Å²) >= 11 is 0. The van der Waals surface area contributed by atoms with E-state index in [0.717, 1.165) is 37.5 Å². The fourth-order valence-electron chi connectivity index (χ4n) is 4.33. The molecule has 0 aromatic carbocycles. The molecule has 9 nitrogen and oxygen atoms in total. The average Bonchev–Trinajstić information content (AvgIpc) is 2.63. The fourth-order valence-corrected chi connectivity index (χ4v) is 4.83. The van der Waals surface area contributed by atoms with Crippen molar-refractivity contribution in [2.75, 3.05) is 24.7 Å². The Labute approximate surface area is 158 Å². The highest BCUT2D eigenvalue weighted by molar-refractivity contribution is 7.90. The van der Waals surface area contributed by atoms with Crippen molar-refractivity contribution in [1.29, 1.82) is 0 Å². The van der Waals surface area contributed by atoms with Gasteiger partial charge in [0.05, 0.1) is 6.54 Å². The number of carbonyl (C=O) groups excluding carboxylic acids is 2. The van der Waals surface area contributed by atoms with Gasteiger partial charge >= 0.3 is 6.03 Å². The number of anilines is 1. The summed E-state index contributed by atoms with van der Waals surface area (Å²) in [7, 11) is -1.94. The topological polar surface area (TPSA) is 104 Å². The summed E-state index contributed by atoms with van der Waals surface area (Å²) in [6.07, 6.45) is 6.59. The molecule has 0 N–H and O–H groups in total. The molecule has 27 heavy (non-hydrogen) atoms. The zero-order chi connectivity index (χ0) is 19.3. The summed E-state index contributed by atoms with van der Waals surface area (Å²) in [4.78, 5) is 38.2. The van der Waals surface area contributed by atoms with Crippen molar-refractivity contribution in [3.63, 3.8) is 0 Å². The molecule has 0 aliphatic carbocycles. The lowest BCUT2D eigenvalue weighted by Crippen LogP contribution is -2.57. The molecule has 0 saturated carbocycles. The van der Waals surface area contributed by atoms with E-state index in [-0.39, 0.29) is 29.2 Å². The third-order valence-corrected chi connectivity index (χ3v) is 6.58. The van der Waals surface area contributed by atoms with E-state index < -0.39 is 9.84 Å². The number of hydrogen-bond donors (Lipinski definition) is 0. The van der Waals surface area contributed by atoms with E-state index in [0.29, 0.717) is 25.3 Å². The Kier molecular flexibility index (Phi) is 4.32. The molecule has 1 aromatic rings. The van der Waals surface area contributed by atoms with Gasteiger partial charge in [0.15, 0.2) is 0 Å². The van der Waals surface area contributed by atoms with Crippen LogP contribution in [-0.4, -0.2) is 72.1 Å². The highest BCUT2D eigenvalue weighted by Crippen LogP contribution is 2.34. The normalized spacial score (nSPS) is 26.1. The largest absolute Gasteiger partial charge is 0.340 e. The molecule has 10 heteroatoms. The average molecular weight is 393 g/mol. The number of urea groups is 1. The molecule has 0 bridgehead atoms. The standard InChI is InChI=1S/C17H23N5O4S/c1-20-15-11(9-18-16(19-15)27(2,25)26)10-22(17(20)24)13-6-7-21-12(8-13)4-3-5-14(21)23/h9,12-13H,3-8,10H2,1-2H3. The van der Waals surface area contributed by atoms with Gasteiger partial charge in [-0.1, -0.05) is 0 Å². The highest BCUT2D eigenvalue weighted by atomic mass is 32.2. The van der Waals surface area contributed by atoms with Crippen LogP contribution in [0.4, 0.5) is 10.6 Å². The molecule has 0 spiro atoms. The molecule has 2 unspecified atom stereocenters. The first-order valence-corrected chi connectivity index (χ1v) is 11.0. The minimum absolute atomic E-state index is 0.0508. The van der Waals surface area contributed by atoms with Crippen molar-refractivity contribution >= 4 is 27.6 Å². The van der Waals surface area contributed by atoms with Crippen LogP contribution in [0.2, 0.25) is 0 Å². The van der Waals surface area contributed by atoms with Crippen LogP contribution in [0.3, 0.4) is 0 Å². The number of rotatable bonds is 2. The second-order valence-electron chi connectivity index (χ2n) is 7.55. The Hall–Kier alpha value is -2.23. The second-order valence-corrected chi connectivity index (χ2v) is 9.46. The second kappa shape index (κ2) is 6.43. The molecule has 2 atom stereocenters. The number of carbonyl (C=O) groups is 2. The molecule has 3 amide bonds. The third-order valence-electron chi connectivity index (χ3n) is 5.72. The monoisotopic (exact) mass is 393 g/mol. The zero-order valence-electron chi connectivity index (χ0n) is 15.5. The summed E-state index contributed by atoms with van der Waals surface area (Å²) in [5.41, 5.74) is 0.728. The van der Waals surface area contributed by atoms with Crippen LogP contribution in [0.15, 0.2) is 11.4 Å². The first-order valence-electron chi connectivity index (χ1n) is 9.15. The lowest BCUT2D eigenvalue weighted by Gasteiger charge is -2.47. The minimum Gasteiger partial charge on any atom is -0.340 e. The number of aromatic nitrogens is 2. The van der Waals surface area contributed by atoms with E-state index in [1.165, 1.54) is 11.1 Å². The predicted molar refractivity (Wildman–Crippen MR) is 96.9 cm³/mol. The summed E-state index contributed by atoms with van der Waals surface area (Å²) < 4.78 is 23.4. The number of piperidine rings is 2. The molecular formula is C17H23N5O4S. The summed E-state index contributed by atoms with van der Waals surface area (Å²) in [6, 6.07) is 0.0597. The van der Waals surface area contributed by atoms with E-state index >= 15 is 0 Å². The van der Waals surface area contributed by atoms with Gasteiger partial charge in [-0.3, -0.25) is 9.69 Å². The number of sulfone groups is 1. The first kappa shape index (κ1) is 18.1. The molecule has 4 heterocycles. The molecule has 3 aliphatic rings. The van der Waals surface area contributed by atoms with Crippen molar-refractivity contribution in [3.8, 4) is 0 Å². The molecule has 3 aliphatic heterocycles. The Bertz CT molecular complexity index is 903. The Morgan fingerprint density at radius 3 is 2.63 bits per heavy atom. The van der Waals surface area contributed by atoms with Crippen molar-refractivity contribution in [1.82, 2.24) is 19.8 Å². The fraction of sp³-hybridized carbons (Fsp3) is 0.647. The van der Waals surface area contributed by atoms with Crippen molar-refractivity contribution < 1.29 is 18.0 Å². The van der Waals surface area contributed by atoms with Crippen LogP contribution < -0.4 is 4.90 Å². The van der Waals surface area contributed by atoms with E-state index in [1.54, 1.807) is 7.05 Å². The molecular weight excluding hydrogens is 370 g/mol. The van der Waals surface area contributed by atoms with Crippen LogP contribution in [0.1, 0.15) is 37.7 Å². The lowest BCUT2D eigenvalue weighted by molar-refractivity contribution is -0.138. The van der Waals surface area contributed by atoms with E-state index in [2.05, 4.69) is 9.97 Å². The zero-order valence-corrected chi connectivity index (χ0v) is 16.3. The molecule has 1 aromatic heterocycles. The molecule has 0 radical (unpaired) electrons. The van der Waals surface area contributed by atoms with E-state index in [4.69, 9.17) is 0 Å². The predicted octanol–water partition coefficient (Wildman–Crippen LogP) is 0.795. The van der Waals surface area contributed by atoms with Crippen LogP contribution in [0, 0.1) is 0 Å². The van der Waals surface area contributed by atoms with Gasteiger partial charge in [0.2, 0.25) is 20.9 Å². The van der Waals surface area contributed by atoms with Crippen molar-refractivity contribution in [3.05, 3.63) is 11.8 Å². The summed E-state index contributed by atoms with van der Waals surface area (Å²) in [5, 5.41) is -0.275. The van der Waals surface area contributed by atoms with Gasteiger partial charge in [-0.15, -0.1) is 0 Å². The van der Waals surface area contributed by atoms with E-state index in [9.17, 15) is 18.0 Å². The van der Waals surface area contributed by atoms with Gasteiger partial charge in [-0.25, -0.2) is 23.2 Å². The Morgan fingerprint density at radius 1 is 1.15 bits per heavy atom. The lowest BCUT2D eigenvalue weighted by atomic mass is 9.88. The van der Waals surface area contributed by atoms with Gasteiger partial charge in [-0.05, 0) is 25.7 Å². The number of fused-ring (bicyclic) bond motifs is 2. The van der Waals surface area contributed by atoms with Gasteiger partial charge in [0, 0.05) is 50.1 Å². The Morgan fingerprint density at radius 2 is 1.89 bits per heavy atom. The van der Waals surface area contributed by atoms with Gasteiger partial charge in [0.1, 0.15) is 5.82 Å². The van der Waals surface area contributed by atoms with Gasteiger partial charge in [0.25, 0.3) is 0 Å². The van der Waals surface area contributed by atoms with Crippen molar-refractivity contribution in [2.24, 2.45) is 0 Å². The van der Waals surface area contributed by atoms with Crippen LogP contribution in [-0.2, 0) is 21.2 Å². The SMILES string of the molecule is CN1C(=O)N(C2CCN3C(=O)CCCC3C2)Cc2cnc(S(C)(=O)=O)nc21. The number of nitrogens with zero attached hydrogens (tertiary/aromatic N) is 5. The first-order chi connectivity index (χ1) is 12.8. The van der Waals surface area contributed by atoms with Crippen molar-refractivity contribution in [2.45, 2.75) is 55.9 Å². The van der Waals surface area contributed by atoms with Crippen LogP contribution in [0.5, 0.6) is 0 Å². The smallest absolute Gasteiger partial charge is 0.325 e. The molecule has 4 rings (SSSR count). The molecule has 2 fully saturated rings. The van der Waals surface area contributed by atoms with Crippen LogP contribution in [0.25, 0.3) is 0 Å². The number of amides is 3. The minimum atomic E-state index is -3.54. The quantitative estimate of drug-likeness (QED) is 0.689.